The van der Waals surface area contributed by atoms with Gasteiger partial charge in [-0.25, -0.2) is 9.97 Å². The van der Waals surface area contributed by atoms with Gasteiger partial charge in [0.15, 0.2) is 22.3 Å². The average molecular weight is 494 g/mol. The second-order valence-corrected chi connectivity index (χ2v) is 9.52. The number of β-amino-alcohol motifs (C(OH)–C–C–N with tert-alkyl or cyclic N) is 1. The first-order valence-electron chi connectivity index (χ1n) is 11.3. The molecule has 2 N–H and O–H groups in total. The Hall–Kier alpha value is -3.61. The maximum absolute atomic E-state index is 13.1. The molecule has 2 aliphatic rings. The van der Waals surface area contributed by atoms with E-state index in [0.717, 1.165) is 34.2 Å². The van der Waals surface area contributed by atoms with E-state index < -0.39 is 12.0 Å². The van der Waals surface area contributed by atoms with Crippen LogP contribution < -0.4 is 15.1 Å². The number of aliphatic hydroxyl groups is 1. The number of nitrogens with zero attached hydrogens (tertiary/aromatic N) is 6. The number of amides is 1. The number of fused-ring (bicyclic) bond motifs is 1. The molecule has 180 valence electrons. The third kappa shape index (κ3) is 4.31. The van der Waals surface area contributed by atoms with Crippen molar-refractivity contribution in [3.63, 3.8) is 0 Å². The van der Waals surface area contributed by atoms with Gasteiger partial charge in [0.25, 0.3) is 5.91 Å². The van der Waals surface area contributed by atoms with Gasteiger partial charge in [-0.2, -0.15) is 4.98 Å². The van der Waals surface area contributed by atoms with Gasteiger partial charge in [0.1, 0.15) is 6.26 Å². The lowest BCUT2D eigenvalue weighted by Crippen LogP contribution is -2.51. The van der Waals surface area contributed by atoms with Crippen LogP contribution in [0.4, 0.5) is 16.6 Å². The monoisotopic (exact) mass is 493 g/mol. The zero-order chi connectivity index (χ0) is 23.9. The van der Waals surface area contributed by atoms with Crippen molar-refractivity contribution in [2.45, 2.75) is 13.0 Å². The number of carbonyl (C=O) groups is 1. The van der Waals surface area contributed by atoms with Crippen LogP contribution in [0.25, 0.3) is 21.8 Å². The zero-order valence-corrected chi connectivity index (χ0v) is 19.8. The maximum Gasteiger partial charge on any atom is 0.277 e. The van der Waals surface area contributed by atoms with Crippen LogP contribution in [0.3, 0.4) is 0 Å². The van der Waals surface area contributed by atoms with Crippen molar-refractivity contribution in [1.82, 2.24) is 19.9 Å². The number of hydrogen-bond acceptors (Lipinski definition) is 11. The first kappa shape index (κ1) is 21.9. The van der Waals surface area contributed by atoms with E-state index in [1.54, 1.807) is 12.3 Å². The zero-order valence-electron chi connectivity index (χ0n) is 19.0. The highest BCUT2D eigenvalue weighted by atomic mass is 32.1. The molecule has 2 fully saturated rings. The molecule has 12 heteroatoms. The summed E-state index contributed by atoms with van der Waals surface area (Å²) in [4.78, 5) is 35.2. The molecule has 0 unspecified atom stereocenters. The second kappa shape index (κ2) is 8.87. The fourth-order valence-corrected chi connectivity index (χ4v) is 5.07. The number of aromatic nitrogens is 4. The van der Waals surface area contributed by atoms with E-state index >= 15 is 0 Å². The number of aliphatic hydroxyl groups excluding tert-OH is 1. The number of nitrogens with one attached hydrogen (secondary N) is 1. The normalized spacial score (nSPS) is 16.5. The standard InChI is InChI=1S/C23H23N7O4S/c1-13-8-14(2-3-24-13)22-26-17(12-34-22)21(32)25-16-9-18-19(27-20(16)30-10-15(31)11-30)28-23(35-18)29-4-6-33-7-5-29/h2-3,8-9,12,15,31H,4-7,10-11H2,1H3,(H,25,32). The Morgan fingerprint density at radius 1 is 1.17 bits per heavy atom. The summed E-state index contributed by atoms with van der Waals surface area (Å²) < 4.78 is 11.9. The molecule has 0 atom stereocenters. The molecule has 2 saturated heterocycles. The van der Waals surface area contributed by atoms with Crippen molar-refractivity contribution >= 4 is 44.2 Å². The van der Waals surface area contributed by atoms with Gasteiger partial charge in [0.2, 0.25) is 5.89 Å². The van der Waals surface area contributed by atoms with E-state index in [2.05, 4.69) is 20.2 Å². The molecule has 0 saturated carbocycles. The number of aryl methyl sites for hydroxylation is 1. The summed E-state index contributed by atoms with van der Waals surface area (Å²) >= 11 is 1.53. The first-order valence-corrected chi connectivity index (χ1v) is 12.1. The van der Waals surface area contributed by atoms with Gasteiger partial charge in [-0.3, -0.25) is 9.78 Å². The number of thiazole rings is 1. The minimum atomic E-state index is -0.419. The van der Waals surface area contributed by atoms with E-state index in [-0.39, 0.29) is 5.69 Å². The highest BCUT2D eigenvalue weighted by molar-refractivity contribution is 7.22. The molecule has 11 nitrogen and oxygen atoms in total. The molecule has 4 aromatic heterocycles. The Morgan fingerprint density at radius 3 is 2.77 bits per heavy atom. The van der Waals surface area contributed by atoms with Crippen molar-refractivity contribution in [1.29, 1.82) is 0 Å². The fourth-order valence-electron chi connectivity index (χ4n) is 4.07. The molecule has 0 bridgehead atoms. The molecule has 35 heavy (non-hydrogen) atoms. The lowest BCUT2D eigenvalue weighted by atomic mass is 10.1. The minimum absolute atomic E-state index is 0.155. The SMILES string of the molecule is Cc1cc(-c2nc(C(=O)Nc3cc4sc(N5CCOCC5)nc4nc3N3CC(O)C3)co2)ccn1. The molecule has 0 radical (unpaired) electrons. The third-order valence-electron chi connectivity index (χ3n) is 5.92. The van der Waals surface area contributed by atoms with Crippen LogP contribution in [0.15, 0.2) is 35.1 Å². The maximum atomic E-state index is 13.1. The molecule has 2 aliphatic heterocycles. The Labute approximate surface area is 204 Å². The molecule has 6 heterocycles. The summed E-state index contributed by atoms with van der Waals surface area (Å²) in [5.41, 5.74) is 2.88. The van der Waals surface area contributed by atoms with Crippen LogP contribution in [0.2, 0.25) is 0 Å². The summed E-state index contributed by atoms with van der Waals surface area (Å²) in [6, 6.07) is 5.51. The van der Waals surface area contributed by atoms with E-state index in [1.807, 2.05) is 24.0 Å². The van der Waals surface area contributed by atoms with Crippen LogP contribution in [0.5, 0.6) is 0 Å². The van der Waals surface area contributed by atoms with Gasteiger partial charge in [0, 0.05) is 43.6 Å². The highest BCUT2D eigenvalue weighted by Gasteiger charge is 2.29. The Kier molecular flexibility index (Phi) is 5.55. The summed E-state index contributed by atoms with van der Waals surface area (Å²) in [5, 5.41) is 13.6. The predicted molar refractivity (Wildman–Crippen MR) is 131 cm³/mol. The van der Waals surface area contributed by atoms with Crippen LogP contribution in [-0.2, 0) is 4.74 Å². The molecule has 1 amide bonds. The molecule has 0 aromatic carbocycles. The highest BCUT2D eigenvalue weighted by Crippen LogP contribution is 2.36. The number of rotatable bonds is 5. The summed E-state index contributed by atoms with van der Waals surface area (Å²) in [6.07, 6.45) is 2.59. The molecule has 6 rings (SSSR count). The topological polar surface area (TPSA) is 130 Å². The quantitative estimate of drug-likeness (QED) is 0.427. The van der Waals surface area contributed by atoms with Crippen LogP contribution in [0, 0.1) is 6.92 Å². The van der Waals surface area contributed by atoms with Gasteiger partial charge in [0.05, 0.1) is 29.7 Å². The minimum Gasteiger partial charge on any atom is -0.444 e. The van der Waals surface area contributed by atoms with Crippen LogP contribution in [0.1, 0.15) is 16.2 Å². The van der Waals surface area contributed by atoms with E-state index in [1.165, 1.54) is 17.6 Å². The van der Waals surface area contributed by atoms with E-state index in [0.29, 0.717) is 49.3 Å². The molecule has 0 spiro atoms. The lowest BCUT2D eigenvalue weighted by Gasteiger charge is -2.37. The molecule has 0 aliphatic carbocycles. The summed E-state index contributed by atoms with van der Waals surface area (Å²) in [5.74, 6) is 0.508. The predicted octanol–water partition coefficient (Wildman–Crippen LogP) is 2.32. The average Bonchev–Trinajstić information content (AvgIpc) is 3.50. The summed E-state index contributed by atoms with van der Waals surface area (Å²) in [7, 11) is 0. The van der Waals surface area contributed by atoms with Crippen molar-refractivity contribution in [2.75, 3.05) is 54.5 Å². The smallest absolute Gasteiger partial charge is 0.277 e. The van der Waals surface area contributed by atoms with Crippen molar-refractivity contribution < 1.29 is 19.1 Å². The number of carbonyl (C=O) groups excluding carboxylic acids is 1. The van der Waals surface area contributed by atoms with Crippen molar-refractivity contribution in [3.05, 3.63) is 42.0 Å². The van der Waals surface area contributed by atoms with Gasteiger partial charge in [-0.05, 0) is 25.1 Å². The third-order valence-corrected chi connectivity index (χ3v) is 6.98. The van der Waals surface area contributed by atoms with E-state index in [4.69, 9.17) is 19.1 Å². The van der Waals surface area contributed by atoms with Gasteiger partial charge >= 0.3 is 0 Å². The Balaban J connectivity index is 1.30. The second-order valence-electron chi connectivity index (χ2n) is 8.51. The van der Waals surface area contributed by atoms with Gasteiger partial charge in [-0.15, -0.1) is 0 Å². The number of hydrogen-bond donors (Lipinski definition) is 2. The van der Waals surface area contributed by atoms with Crippen molar-refractivity contribution in [2.24, 2.45) is 0 Å². The van der Waals surface area contributed by atoms with Crippen LogP contribution in [-0.4, -0.2) is 76.4 Å². The largest absolute Gasteiger partial charge is 0.444 e. The molecular formula is C23H23N7O4S. The Morgan fingerprint density at radius 2 is 2.00 bits per heavy atom. The summed E-state index contributed by atoms with van der Waals surface area (Å²) in [6.45, 7) is 5.65. The van der Waals surface area contributed by atoms with Crippen molar-refractivity contribution in [3.8, 4) is 11.5 Å². The molecular weight excluding hydrogens is 470 g/mol. The number of ether oxygens (including phenoxy) is 1. The number of oxazole rings is 1. The fraction of sp³-hybridized carbons (Fsp3) is 0.348. The first-order chi connectivity index (χ1) is 17.0. The van der Waals surface area contributed by atoms with Gasteiger partial charge < -0.3 is 29.4 Å². The Bertz CT molecular complexity index is 1390. The van der Waals surface area contributed by atoms with E-state index in [9.17, 15) is 9.90 Å². The molecule has 4 aromatic rings. The lowest BCUT2D eigenvalue weighted by molar-refractivity contribution is 0.102. The number of pyridine rings is 2. The number of anilines is 3. The van der Waals surface area contributed by atoms with Crippen LogP contribution >= 0.6 is 11.3 Å². The number of morpholine rings is 1. The van der Waals surface area contributed by atoms with Gasteiger partial charge in [-0.1, -0.05) is 11.3 Å².